The first-order valence-corrected chi connectivity index (χ1v) is 5.27. The SMILES string of the molecule is CSC1=NC(=O)C(C(=O)C(=O)O)S1. The molecule has 0 aliphatic carbocycles. The monoisotopic (exact) mass is 219 g/mol. The van der Waals surface area contributed by atoms with E-state index in [0.29, 0.717) is 4.38 Å². The zero-order valence-corrected chi connectivity index (χ0v) is 8.15. The van der Waals surface area contributed by atoms with Crippen molar-refractivity contribution in [1.82, 2.24) is 0 Å². The van der Waals surface area contributed by atoms with Crippen LogP contribution in [0.2, 0.25) is 0 Å². The fourth-order valence-corrected chi connectivity index (χ4v) is 2.26. The number of hydrogen-bond acceptors (Lipinski definition) is 5. The van der Waals surface area contributed by atoms with Crippen molar-refractivity contribution >= 4 is 45.6 Å². The third kappa shape index (κ3) is 2.10. The molecule has 0 spiro atoms. The lowest BCUT2D eigenvalue weighted by atomic mass is 10.3. The van der Waals surface area contributed by atoms with Gasteiger partial charge in [-0.05, 0) is 6.26 Å². The largest absolute Gasteiger partial charge is 0.475 e. The Kier molecular flexibility index (Phi) is 3.10. The van der Waals surface area contributed by atoms with Gasteiger partial charge in [-0.1, -0.05) is 11.8 Å². The Balaban J connectivity index is 2.74. The van der Waals surface area contributed by atoms with Crippen molar-refractivity contribution in [2.24, 2.45) is 4.99 Å². The molecule has 1 rings (SSSR count). The maximum absolute atomic E-state index is 11.0. The molecule has 1 amide bonds. The number of thioether (sulfide) groups is 2. The molecular formula is C6H5NO4S2. The molecule has 0 aromatic rings. The van der Waals surface area contributed by atoms with Gasteiger partial charge in [0.1, 0.15) is 4.38 Å². The lowest BCUT2D eigenvalue weighted by Gasteiger charge is -1.99. The van der Waals surface area contributed by atoms with Gasteiger partial charge in [0, 0.05) is 0 Å². The van der Waals surface area contributed by atoms with Gasteiger partial charge >= 0.3 is 5.97 Å². The number of Topliss-reactive ketones (excluding diaryl/α,β-unsaturated/α-hetero) is 1. The van der Waals surface area contributed by atoms with Crippen molar-refractivity contribution in [3.63, 3.8) is 0 Å². The van der Waals surface area contributed by atoms with E-state index in [1.54, 1.807) is 6.26 Å². The van der Waals surface area contributed by atoms with Crippen LogP contribution >= 0.6 is 23.5 Å². The predicted octanol–water partition coefficient (Wildman–Crippen LogP) is 0.00110. The Hall–Kier alpha value is -0.820. The Bertz CT molecular complexity index is 312. The number of rotatable bonds is 2. The van der Waals surface area contributed by atoms with Crippen LogP contribution < -0.4 is 0 Å². The summed E-state index contributed by atoms with van der Waals surface area (Å²) in [6, 6.07) is 0. The summed E-state index contributed by atoms with van der Waals surface area (Å²) >= 11 is 2.10. The second-order valence-electron chi connectivity index (χ2n) is 2.09. The van der Waals surface area contributed by atoms with Crippen molar-refractivity contribution in [3.8, 4) is 0 Å². The van der Waals surface area contributed by atoms with Crippen LogP contribution in [0.1, 0.15) is 0 Å². The number of carboxylic acid groups (broad SMARTS) is 1. The van der Waals surface area contributed by atoms with E-state index in [1.165, 1.54) is 11.8 Å². The third-order valence-electron chi connectivity index (χ3n) is 1.27. The number of hydrogen-bond donors (Lipinski definition) is 1. The van der Waals surface area contributed by atoms with Crippen LogP contribution in [0.15, 0.2) is 4.99 Å². The van der Waals surface area contributed by atoms with Crippen molar-refractivity contribution in [2.45, 2.75) is 5.25 Å². The molecule has 1 unspecified atom stereocenters. The molecule has 13 heavy (non-hydrogen) atoms. The summed E-state index contributed by atoms with van der Waals surface area (Å²) in [5.74, 6) is -3.38. The molecule has 1 atom stereocenters. The Labute approximate surface area is 82.0 Å². The van der Waals surface area contributed by atoms with Gasteiger partial charge in [0.15, 0.2) is 5.25 Å². The summed E-state index contributed by atoms with van der Waals surface area (Å²) in [5, 5.41) is 7.17. The topological polar surface area (TPSA) is 83.8 Å². The number of aliphatic imine (C=N–C) groups is 1. The molecular weight excluding hydrogens is 214 g/mol. The zero-order valence-electron chi connectivity index (χ0n) is 6.51. The van der Waals surface area contributed by atoms with E-state index in [4.69, 9.17) is 5.11 Å². The van der Waals surface area contributed by atoms with Crippen molar-refractivity contribution < 1.29 is 19.5 Å². The fourth-order valence-electron chi connectivity index (χ4n) is 0.698. The first-order chi connectivity index (χ1) is 6.06. The number of aliphatic carboxylic acids is 1. The zero-order chi connectivity index (χ0) is 10.0. The molecule has 7 heteroatoms. The Morgan fingerprint density at radius 1 is 1.62 bits per heavy atom. The minimum atomic E-state index is -1.59. The fraction of sp³-hybridized carbons (Fsp3) is 0.333. The van der Waals surface area contributed by atoms with Gasteiger partial charge in [-0.2, -0.15) is 4.99 Å². The first kappa shape index (κ1) is 10.3. The van der Waals surface area contributed by atoms with Crippen LogP contribution in [0.4, 0.5) is 0 Å². The van der Waals surface area contributed by atoms with Crippen LogP contribution in [-0.2, 0) is 14.4 Å². The van der Waals surface area contributed by atoms with Crippen LogP contribution in [0.5, 0.6) is 0 Å². The molecule has 0 saturated heterocycles. The van der Waals surface area contributed by atoms with Gasteiger partial charge in [-0.3, -0.25) is 9.59 Å². The lowest BCUT2D eigenvalue weighted by molar-refractivity contribution is -0.149. The van der Waals surface area contributed by atoms with E-state index < -0.39 is 22.9 Å². The van der Waals surface area contributed by atoms with Gasteiger partial charge in [-0.15, -0.1) is 11.8 Å². The second kappa shape index (κ2) is 3.93. The van der Waals surface area contributed by atoms with Gasteiger partial charge < -0.3 is 5.11 Å². The summed E-state index contributed by atoms with van der Waals surface area (Å²) in [6.07, 6.45) is 1.70. The van der Waals surface area contributed by atoms with Gasteiger partial charge in [-0.25, -0.2) is 4.79 Å². The molecule has 0 aromatic carbocycles. The van der Waals surface area contributed by atoms with Gasteiger partial charge in [0.25, 0.3) is 11.7 Å². The molecule has 70 valence electrons. The van der Waals surface area contributed by atoms with Crippen molar-refractivity contribution in [1.29, 1.82) is 0 Å². The molecule has 1 heterocycles. The molecule has 1 aliphatic rings. The number of nitrogens with zero attached hydrogens (tertiary/aromatic N) is 1. The second-order valence-corrected chi connectivity index (χ2v) is 4.23. The third-order valence-corrected chi connectivity index (χ3v) is 3.44. The molecule has 5 nitrogen and oxygen atoms in total. The van der Waals surface area contributed by atoms with Crippen molar-refractivity contribution in [3.05, 3.63) is 0 Å². The molecule has 1 N–H and O–H groups in total. The Morgan fingerprint density at radius 3 is 2.62 bits per heavy atom. The lowest BCUT2D eigenvalue weighted by Crippen LogP contribution is -2.29. The highest BCUT2D eigenvalue weighted by Crippen LogP contribution is 2.28. The molecule has 0 saturated carbocycles. The molecule has 0 aromatic heterocycles. The summed E-state index contributed by atoms with van der Waals surface area (Å²) in [7, 11) is 0. The summed E-state index contributed by atoms with van der Waals surface area (Å²) in [6.45, 7) is 0. The van der Waals surface area contributed by atoms with Crippen LogP contribution in [0.3, 0.4) is 0 Å². The van der Waals surface area contributed by atoms with Crippen LogP contribution in [-0.4, -0.2) is 38.6 Å². The van der Waals surface area contributed by atoms with E-state index in [9.17, 15) is 14.4 Å². The molecule has 1 aliphatic heterocycles. The maximum Gasteiger partial charge on any atom is 0.373 e. The molecule has 0 fully saturated rings. The molecule has 0 bridgehead atoms. The van der Waals surface area contributed by atoms with Crippen LogP contribution in [0, 0.1) is 0 Å². The molecule has 0 radical (unpaired) electrons. The summed E-state index contributed by atoms with van der Waals surface area (Å²) in [5.41, 5.74) is 0. The quantitative estimate of drug-likeness (QED) is 0.520. The van der Waals surface area contributed by atoms with Gasteiger partial charge in [0.2, 0.25) is 0 Å². The maximum atomic E-state index is 11.0. The van der Waals surface area contributed by atoms with Crippen molar-refractivity contribution in [2.75, 3.05) is 6.26 Å². The summed E-state index contributed by atoms with van der Waals surface area (Å²) in [4.78, 5) is 35.6. The minimum absolute atomic E-state index is 0.435. The number of carbonyl (C=O) groups is 3. The standard InChI is InChI=1S/C6H5NO4S2/c1-12-6-7-4(9)3(13-6)2(8)5(10)11/h3H,1H3,(H,10,11). The Morgan fingerprint density at radius 2 is 2.23 bits per heavy atom. The van der Waals surface area contributed by atoms with E-state index in [2.05, 4.69) is 4.99 Å². The number of ketones is 1. The van der Waals surface area contributed by atoms with E-state index in [0.717, 1.165) is 11.8 Å². The number of carbonyl (C=O) groups excluding carboxylic acids is 2. The first-order valence-electron chi connectivity index (χ1n) is 3.16. The minimum Gasteiger partial charge on any atom is -0.475 e. The van der Waals surface area contributed by atoms with E-state index in [1.807, 2.05) is 0 Å². The summed E-state index contributed by atoms with van der Waals surface area (Å²) < 4.78 is 0.435. The average Bonchev–Trinajstić information content (AvgIpc) is 2.45. The number of amides is 1. The van der Waals surface area contributed by atoms with Gasteiger partial charge in [0.05, 0.1) is 0 Å². The average molecular weight is 219 g/mol. The highest BCUT2D eigenvalue weighted by molar-refractivity contribution is 8.39. The highest BCUT2D eigenvalue weighted by Gasteiger charge is 2.37. The van der Waals surface area contributed by atoms with Crippen LogP contribution in [0.25, 0.3) is 0 Å². The number of carboxylic acids is 1. The highest BCUT2D eigenvalue weighted by atomic mass is 32.2. The van der Waals surface area contributed by atoms with E-state index in [-0.39, 0.29) is 0 Å². The predicted molar refractivity (Wildman–Crippen MR) is 50.0 cm³/mol. The normalized spacial score (nSPS) is 21.5. The smallest absolute Gasteiger partial charge is 0.373 e. The van der Waals surface area contributed by atoms with E-state index >= 15 is 0 Å².